The average molecular weight is 126 g/mol. The highest BCUT2D eigenvalue weighted by Gasteiger charge is 2.14. The number of allylic oxidation sites excluding steroid dienone is 2. The van der Waals surface area contributed by atoms with Crippen molar-refractivity contribution >= 4 is 0 Å². The molecule has 0 atom stereocenters. The molecule has 0 radical (unpaired) electrons. The molecule has 0 aromatic heterocycles. The fourth-order valence-electron chi connectivity index (χ4n) is 1.07. The van der Waals surface area contributed by atoms with Crippen molar-refractivity contribution in [2.24, 2.45) is 0 Å². The molecule has 1 aliphatic rings. The summed E-state index contributed by atoms with van der Waals surface area (Å²) >= 11 is 0. The van der Waals surface area contributed by atoms with Crippen LogP contribution < -0.4 is 0 Å². The summed E-state index contributed by atoms with van der Waals surface area (Å²) in [7, 11) is 0. The topological polar surface area (TPSA) is 20.2 Å². The molecule has 0 fully saturated rings. The number of hydrogen-bond donors (Lipinski definition) is 1. The maximum atomic E-state index is 9.01. The summed E-state index contributed by atoms with van der Waals surface area (Å²) in [5, 5.41) is 9.01. The molecule has 1 aliphatic carbocycles. The van der Waals surface area contributed by atoms with Crippen molar-refractivity contribution in [3.05, 3.63) is 11.3 Å². The molecule has 0 aliphatic heterocycles. The lowest BCUT2D eigenvalue weighted by atomic mass is 9.92. The van der Waals surface area contributed by atoms with Gasteiger partial charge < -0.3 is 5.11 Å². The van der Waals surface area contributed by atoms with E-state index >= 15 is 0 Å². The van der Waals surface area contributed by atoms with Crippen LogP contribution in [0.3, 0.4) is 0 Å². The minimum atomic E-state index is 0.670. The zero-order chi connectivity index (χ0) is 6.69. The van der Waals surface area contributed by atoms with Gasteiger partial charge in [0.05, 0.1) is 5.76 Å². The molecule has 0 bridgehead atoms. The summed E-state index contributed by atoms with van der Waals surface area (Å²) < 4.78 is 0. The van der Waals surface area contributed by atoms with Crippen molar-refractivity contribution in [3.8, 4) is 0 Å². The molecule has 0 aromatic carbocycles. The zero-order valence-corrected chi connectivity index (χ0v) is 5.98. The fourth-order valence-corrected chi connectivity index (χ4v) is 1.07. The second-order valence-electron chi connectivity index (χ2n) is 2.65. The molecular weight excluding hydrogens is 112 g/mol. The largest absolute Gasteiger partial charge is 0.512 e. The molecule has 0 heterocycles. The SMILES string of the molecule is CCCCC1=C(O)CC1. The standard InChI is InChI=1S/C8H14O/c1-2-3-4-7-5-6-8(7)9/h9H,2-6H2,1H3. The summed E-state index contributed by atoms with van der Waals surface area (Å²) in [4.78, 5) is 0. The number of unbranched alkanes of at least 4 members (excludes halogenated alkanes) is 1. The van der Waals surface area contributed by atoms with Crippen LogP contribution in [0.5, 0.6) is 0 Å². The van der Waals surface area contributed by atoms with Gasteiger partial charge in [0.25, 0.3) is 0 Å². The molecule has 1 rings (SSSR count). The molecule has 1 nitrogen and oxygen atoms in total. The van der Waals surface area contributed by atoms with E-state index in [4.69, 9.17) is 5.11 Å². The Balaban J connectivity index is 2.20. The Morgan fingerprint density at radius 3 is 2.56 bits per heavy atom. The van der Waals surface area contributed by atoms with Crippen molar-refractivity contribution in [1.82, 2.24) is 0 Å². The first kappa shape index (κ1) is 6.66. The van der Waals surface area contributed by atoms with Gasteiger partial charge in [-0.2, -0.15) is 0 Å². The van der Waals surface area contributed by atoms with Crippen LogP contribution in [0.15, 0.2) is 11.3 Å². The number of rotatable bonds is 3. The maximum Gasteiger partial charge on any atom is 0.0917 e. The molecule has 0 unspecified atom stereocenters. The van der Waals surface area contributed by atoms with Crippen LogP contribution in [0.4, 0.5) is 0 Å². The first-order valence-corrected chi connectivity index (χ1v) is 3.74. The smallest absolute Gasteiger partial charge is 0.0917 e. The molecule has 1 heteroatoms. The van der Waals surface area contributed by atoms with Crippen LogP contribution in [0.1, 0.15) is 39.0 Å². The third-order valence-electron chi connectivity index (χ3n) is 1.90. The first-order chi connectivity index (χ1) is 4.34. The molecule has 0 aromatic rings. The number of hydrogen-bond acceptors (Lipinski definition) is 1. The van der Waals surface area contributed by atoms with Crippen molar-refractivity contribution in [2.45, 2.75) is 39.0 Å². The Morgan fingerprint density at radius 1 is 1.44 bits per heavy atom. The third kappa shape index (κ3) is 1.47. The molecule has 0 saturated carbocycles. The quantitative estimate of drug-likeness (QED) is 0.616. The Bertz CT molecular complexity index is 125. The van der Waals surface area contributed by atoms with Gasteiger partial charge in [-0.1, -0.05) is 13.3 Å². The fraction of sp³-hybridized carbons (Fsp3) is 0.750. The second-order valence-corrected chi connectivity index (χ2v) is 2.65. The third-order valence-corrected chi connectivity index (χ3v) is 1.90. The molecular formula is C8H14O. The van der Waals surface area contributed by atoms with E-state index in [1.165, 1.54) is 18.4 Å². The highest BCUT2D eigenvalue weighted by molar-refractivity contribution is 5.17. The van der Waals surface area contributed by atoms with Crippen LogP contribution in [0.25, 0.3) is 0 Å². The van der Waals surface area contributed by atoms with Gasteiger partial charge in [0.15, 0.2) is 0 Å². The zero-order valence-electron chi connectivity index (χ0n) is 5.98. The van der Waals surface area contributed by atoms with Crippen molar-refractivity contribution < 1.29 is 5.11 Å². The van der Waals surface area contributed by atoms with Gasteiger partial charge in [-0.25, -0.2) is 0 Å². The summed E-state index contributed by atoms with van der Waals surface area (Å²) in [6.45, 7) is 2.18. The Kier molecular flexibility index (Phi) is 2.15. The van der Waals surface area contributed by atoms with Gasteiger partial charge in [-0.3, -0.25) is 0 Å². The molecule has 0 amide bonds. The van der Waals surface area contributed by atoms with Gasteiger partial charge in [0, 0.05) is 6.42 Å². The molecule has 9 heavy (non-hydrogen) atoms. The van der Waals surface area contributed by atoms with E-state index in [1.54, 1.807) is 0 Å². The lowest BCUT2D eigenvalue weighted by molar-refractivity contribution is 0.344. The summed E-state index contributed by atoms with van der Waals surface area (Å²) in [6.07, 6.45) is 5.67. The molecule has 52 valence electrons. The molecule has 1 N–H and O–H groups in total. The van der Waals surface area contributed by atoms with Crippen molar-refractivity contribution in [1.29, 1.82) is 0 Å². The minimum Gasteiger partial charge on any atom is -0.512 e. The monoisotopic (exact) mass is 126 g/mol. The van der Waals surface area contributed by atoms with Crippen LogP contribution in [0.2, 0.25) is 0 Å². The minimum absolute atomic E-state index is 0.670. The number of aliphatic hydroxyl groups excluding tert-OH is 1. The summed E-state index contributed by atoms with van der Waals surface area (Å²) in [5.41, 5.74) is 1.30. The normalized spacial score (nSPS) is 17.9. The van der Waals surface area contributed by atoms with Gasteiger partial charge >= 0.3 is 0 Å². The predicted octanol–water partition coefficient (Wildman–Crippen LogP) is 2.78. The van der Waals surface area contributed by atoms with E-state index in [0.717, 1.165) is 19.3 Å². The summed E-state index contributed by atoms with van der Waals surface area (Å²) in [6, 6.07) is 0. The highest BCUT2D eigenvalue weighted by atomic mass is 16.3. The first-order valence-electron chi connectivity index (χ1n) is 3.74. The van der Waals surface area contributed by atoms with E-state index in [2.05, 4.69) is 6.92 Å². The second kappa shape index (κ2) is 2.90. The molecule has 0 spiro atoms. The van der Waals surface area contributed by atoms with Crippen LogP contribution in [0, 0.1) is 0 Å². The average Bonchev–Trinajstić information content (AvgIpc) is 1.86. The lowest BCUT2D eigenvalue weighted by Gasteiger charge is -2.17. The van der Waals surface area contributed by atoms with E-state index in [1.807, 2.05) is 0 Å². The van der Waals surface area contributed by atoms with E-state index in [-0.39, 0.29) is 0 Å². The van der Waals surface area contributed by atoms with Gasteiger partial charge in [0.2, 0.25) is 0 Å². The highest BCUT2D eigenvalue weighted by Crippen LogP contribution is 2.29. The lowest BCUT2D eigenvalue weighted by Crippen LogP contribution is -2.02. The van der Waals surface area contributed by atoms with E-state index in [9.17, 15) is 0 Å². The number of aliphatic hydroxyl groups is 1. The molecule has 0 saturated heterocycles. The van der Waals surface area contributed by atoms with Gasteiger partial charge in [-0.15, -0.1) is 0 Å². The van der Waals surface area contributed by atoms with E-state index in [0.29, 0.717) is 5.76 Å². The predicted molar refractivity (Wildman–Crippen MR) is 38.4 cm³/mol. The maximum absolute atomic E-state index is 9.01. The van der Waals surface area contributed by atoms with Crippen molar-refractivity contribution in [3.63, 3.8) is 0 Å². The van der Waals surface area contributed by atoms with E-state index < -0.39 is 0 Å². The van der Waals surface area contributed by atoms with Crippen molar-refractivity contribution in [2.75, 3.05) is 0 Å². The van der Waals surface area contributed by atoms with Crippen LogP contribution in [-0.4, -0.2) is 5.11 Å². The van der Waals surface area contributed by atoms with Crippen LogP contribution in [-0.2, 0) is 0 Å². The Hall–Kier alpha value is -0.460. The summed E-state index contributed by atoms with van der Waals surface area (Å²) in [5.74, 6) is 0.670. The van der Waals surface area contributed by atoms with Gasteiger partial charge in [0.1, 0.15) is 0 Å². The Labute approximate surface area is 56.4 Å². The van der Waals surface area contributed by atoms with Crippen LogP contribution >= 0.6 is 0 Å². The van der Waals surface area contributed by atoms with Gasteiger partial charge in [-0.05, 0) is 24.8 Å². The Morgan fingerprint density at radius 2 is 2.22 bits per heavy atom.